The minimum atomic E-state index is -0.295. The lowest BCUT2D eigenvalue weighted by atomic mass is 10.0. The summed E-state index contributed by atoms with van der Waals surface area (Å²) in [5, 5.41) is 0. The fraction of sp³-hybridized carbons (Fsp3) is 0.111. The summed E-state index contributed by atoms with van der Waals surface area (Å²) in [5.74, 6) is -0.569. The van der Waals surface area contributed by atoms with Gasteiger partial charge in [-0.25, -0.2) is 8.78 Å². The van der Waals surface area contributed by atoms with Gasteiger partial charge in [0, 0.05) is 22.8 Å². The second kappa shape index (κ2) is 5.69. The molecule has 112 valence electrons. The number of aromatic nitrogens is 1. The van der Waals surface area contributed by atoms with E-state index in [2.05, 4.69) is 15.9 Å². The first-order valence-electron chi connectivity index (χ1n) is 6.84. The Hall–Kier alpha value is -1.94. The van der Waals surface area contributed by atoms with Crippen molar-refractivity contribution in [3.8, 4) is 22.4 Å². The van der Waals surface area contributed by atoms with E-state index in [-0.39, 0.29) is 11.6 Å². The summed E-state index contributed by atoms with van der Waals surface area (Å²) in [4.78, 5) is 0. The van der Waals surface area contributed by atoms with Crippen molar-refractivity contribution in [2.75, 3.05) is 0 Å². The SMILES string of the molecule is Cc1cc(-c2cc(F)cc(Br)c2)c(-c2ccc(F)cc2)n1C. The van der Waals surface area contributed by atoms with E-state index in [1.165, 1.54) is 24.3 Å². The van der Waals surface area contributed by atoms with Crippen molar-refractivity contribution in [3.05, 3.63) is 70.3 Å². The van der Waals surface area contributed by atoms with E-state index in [9.17, 15) is 8.78 Å². The average Bonchev–Trinajstić information content (AvgIpc) is 2.75. The lowest BCUT2D eigenvalue weighted by Gasteiger charge is -2.10. The molecular formula is C18H14BrF2N. The third-order valence-electron chi connectivity index (χ3n) is 3.76. The van der Waals surface area contributed by atoms with E-state index < -0.39 is 0 Å². The van der Waals surface area contributed by atoms with E-state index >= 15 is 0 Å². The van der Waals surface area contributed by atoms with Crippen molar-refractivity contribution in [2.45, 2.75) is 6.92 Å². The number of hydrogen-bond acceptors (Lipinski definition) is 0. The van der Waals surface area contributed by atoms with Crippen LogP contribution in [0.2, 0.25) is 0 Å². The first-order valence-corrected chi connectivity index (χ1v) is 7.64. The molecule has 0 saturated carbocycles. The van der Waals surface area contributed by atoms with Gasteiger partial charge >= 0.3 is 0 Å². The van der Waals surface area contributed by atoms with Gasteiger partial charge in [0.25, 0.3) is 0 Å². The Bertz CT molecular complexity index is 815. The Morgan fingerprint density at radius 3 is 2.18 bits per heavy atom. The average molecular weight is 362 g/mol. The lowest BCUT2D eigenvalue weighted by Crippen LogP contribution is -1.95. The van der Waals surface area contributed by atoms with E-state index in [4.69, 9.17) is 0 Å². The van der Waals surface area contributed by atoms with E-state index in [1.807, 2.05) is 30.7 Å². The van der Waals surface area contributed by atoms with Crippen LogP contribution in [0.15, 0.2) is 53.0 Å². The molecule has 0 amide bonds. The van der Waals surface area contributed by atoms with Gasteiger partial charge in [0.1, 0.15) is 11.6 Å². The molecule has 4 heteroatoms. The van der Waals surface area contributed by atoms with Gasteiger partial charge < -0.3 is 4.57 Å². The summed E-state index contributed by atoms with van der Waals surface area (Å²) in [7, 11) is 1.95. The highest BCUT2D eigenvalue weighted by Crippen LogP contribution is 2.36. The molecule has 22 heavy (non-hydrogen) atoms. The molecule has 0 aliphatic heterocycles. The summed E-state index contributed by atoms with van der Waals surface area (Å²) < 4.78 is 29.6. The molecule has 1 aromatic heterocycles. The summed E-state index contributed by atoms with van der Waals surface area (Å²) >= 11 is 3.33. The highest BCUT2D eigenvalue weighted by atomic mass is 79.9. The molecule has 0 bridgehead atoms. The normalized spacial score (nSPS) is 11.0. The zero-order valence-electron chi connectivity index (χ0n) is 12.2. The largest absolute Gasteiger partial charge is 0.347 e. The van der Waals surface area contributed by atoms with Crippen LogP contribution in [-0.4, -0.2) is 4.57 Å². The van der Waals surface area contributed by atoms with Crippen LogP contribution >= 0.6 is 15.9 Å². The Morgan fingerprint density at radius 1 is 0.864 bits per heavy atom. The molecule has 1 heterocycles. The second-order valence-corrected chi connectivity index (χ2v) is 6.19. The van der Waals surface area contributed by atoms with Crippen molar-refractivity contribution in [3.63, 3.8) is 0 Å². The third-order valence-corrected chi connectivity index (χ3v) is 4.22. The molecule has 0 aliphatic rings. The molecule has 0 saturated heterocycles. The molecular weight excluding hydrogens is 348 g/mol. The van der Waals surface area contributed by atoms with Crippen LogP contribution in [0.4, 0.5) is 8.78 Å². The van der Waals surface area contributed by atoms with Crippen molar-refractivity contribution < 1.29 is 8.78 Å². The smallest absolute Gasteiger partial charge is 0.124 e. The van der Waals surface area contributed by atoms with Gasteiger partial charge in [0.05, 0.1) is 5.69 Å². The predicted molar refractivity (Wildman–Crippen MR) is 88.6 cm³/mol. The summed E-state index contributed by atoms with van der Waals surface area (Å²) in [5.41, 5.74) is 4.60. The Morgan fingerprint density at radius 2 is 1.55 bits per heavy atom. The van der Waals surface area contributed by atoms with E-state index in [0.29, 0.717) is 4.47 Å². The molecule has 3 rings (SSSR count). The van der Waals surface area contributed by atoms with Crippen molar-refractivity contribution >= 4 is 15.9 Å². The molecule has 0 spiro atoms. The number of halogens is 3. The number of nitrogens with zero attached hydrogens (tertiary/aromatic N) is 1. The summed E-state index contributed by atoms with van der Waals surface area (Å²) in [6.07, 6.45) is 0. The minimum absolute atomic E-state index is 0.273. The molecule has 1 nitrogen and oxygen atoms in total. The van der Waals surface area contributed by atoms with Gasteiger partial charge in [-0.3, -0.25) is 0 Å². The third kappa shape index (κ3) is 2.71. The maximum atomic E-state index is 13.7. The van der Waals surface area contributed by atoms with Gasteiger partial charge in [-0.05, 0) is 66.6 Å². The Balaban J connectivity index is 2.24. The van der Waals surface area contributed by atoms with Gasteiger partial charge in [0.2, 0.25) is 0 Å². The molecule has 0 N–H and O–H groups in total. The quantitative estimate of drug-likeness (QED) is 0.550. The fourth-order valence-corrected chi connectivity index (χ4v) is 3.08. The topological polar surface area (TPSA) is 4.93 Å². The Labute approximate surface area is 136 Å². The van der Waals surface area contributed by atoms with Gasteiger partial charge in [-0.1, -0.05) is 15.9 Å². The lowest BCUT2D eigenvalue weighted by molar-refractivity contribution is 0.627. The number of aryl methyl sites for hydroxylation is 1. The Kier molecular flexibility index (Phi) is 3.87. The fourth-order valence-electron chi connectivity index (χ4n) is 2.62. The van der Waals surface area contributed by atoms with Crippen LogP contribution in [0, 0.1) is 18.6 Å². The van der Waals surface area contributed by atoms with Crippen molar-refractivity contribution in [1.82, 2.24) is 4.57 Å². The van der Waals surface area contributed by atoms with Crippen LogP contribution in [-0.2, 0) is 7.05 Å². The zero-order chi connectivity index (χ0) is 15.9. The highest BCUT2D eigenvalue weighted by molar-refractivity contribution is 9.10. The van der Waals surface area contributed by atoms with E-state index in [1.54, 1.807) is 12.1 Å². The number of rotatable bonds is 2. The van der Waals surface area contributed by atoms with Gasteiger partial charge in [-0.15, -0.1) is 0 Å². The molecule has 0 aliphatic carbocycles. The molecule has 0 fully saturated rings. The van der Waals surface area contributed by atoms with Crippen molar-refractivity contribution in [2.24, 2.45) is 7.05 Å². The first kappa shape index (κ1) is 15.0. The molecule has 0 atom stereocenters. The van der Waals surface area contributed by atoms with Crippen LogP contribution in [0.25, 0.3) is 22.4 Å². The van der Waals surface area contributed by atoms with Crippen LogP contribution in [0.5, 0.6) is 0 Å². The standard InChI is InChI=1S/C18H14BrF2N/c1-11-7-17(13-8-14(19)10-16(21)9-13)18(22(11)2)12-3-5-15(20)6-4-12/h3-10H,1-2H3. The number of benzene rings is 2. The van der Waals surface area contributed by atoms with Crippen LogP contribution in [0.3, 0.4) is 0 Å². The van der Waals surface area contributed by atoms with Crippen molar-refractivity contribution in [1.29, 1.82) is 0 Å². The van der Waals surface area contributed by atoms with Gasteiger partial charge in [-0.2, -0.15) is 0 Å². The first-order chi connectivity index (χ1) is 10.5. The zero-order valence-corrected chi connectivity index (χ0v) is 13.8. The maximum Gasteiger partial charge on any atom is 0.124 e. The maximum absolute atomic E-state index is 13.7. The van der Waals surface area contributed by atoms with Crippen LogP contribution < -0.4 is 0 Å². The minimum Gasteiger partial charge on any atom is -0.347 e. The second-order valence-electron chi connectivity index (χ2n) is 5.27. The van der Waals surface area contributed by atoms with E-state index in [0.717, 1.165) is 28.1 Å². The van der Waals surface area contributed by atoms with Gasteiger partial charge in [0.15, 0.2) is 0 Å². The predicted octanol–water partition coefficient (Wildman–Crippen LogP) is 5.71. The highest BCUT2D eigenvalue weighted by Gasteiger charge is 2.15. The molecule has 3 aromatic rings. The monoisotopic (exact) mass is 361 g/mol. The van der Waals surface area contributed by atoms with Crippen LogP contribution in [0.1, 0.15) is 5.69 Å². The molecule has 0 unspecified atom stereocenters. The summed E-state index contributed by atoms with van der Waals surface area (Å²) in [6, 6.07) is 13.2. The number of hydrogen-bond donors (Lipinski definition) is 0. The molecule has 2 aromatic carbocycles. The summed E-state index contributed by atoms with van der Waals surface area (Å²) in [6.45, 7) is 1.99. The molecule has 0 radical (unpaired) electrons.